The molecular weight excluding hydrogens is 428 g/mol. The first-order chi connectivity index (χ1) is 14.9. The molecule has 1 atom stereocenters. The number of hydrogen-bond donors (Lipinski definition) is 0. The molecule has 0 aliphatic heterocycles. The molecule has 31 heavy (non-hydrogen) atoms. The highest BCUT2D eigenvalue weighted by Crippen LogP contribution is 2.24. The van der Waals surface area contributed by atoms with Crippen molar-refractivity contribution < 1.29 is 27.5 Å². The minimum absolute atomic E-state index is 0.0734. The predicted octanol–water partition coefficient (Wildman–Crippen LogP) is 4.25. The van der Waals surface area contributed by atoms with E-state index in [9.17, 15) is 13.6 Å². The fourth-order valence-electron chi connectivity index (χ4n) is 2.61. The van der Waals surface area contributed by atoms with Crippen LogP contribution in [0.5, 0.6) is 11.5 Å². The lowest BCUT2D eigenvalue weighted by Gasteiger charge is -2.17. The molecule has 0 fully saturated rings. The normalized spacial score (nSPS) is 11.8. The molecule has 7 nitrogen and oxygen atoms in total. The van der Waals surface area contributed by atoms with Crippen LogP contribution in [0.2, 0.25) is 0 Å². The quantitative estimate of drug-likeness (QED) is 0.452. The number of amides is 1. The summed E-state index contributed by atoms with van der Waals surface area (Å²) in [6.45, 7) is 1.97. The number of hydrogen-bond acceptors (Lipinski definition) is 7. The standard InChI is InChI=1S/C21H21F2N3O4S/c1-13(29-16-7-5-15(22)6-8-16)20-24-25-21(30-20)31-12-19(27)26(2)11-14-4-9-18(28-3)17(23)10-14/h4-10,13H,11-12H2,1-3H3. The van der Waals surface area contributed by atoms with E-state index in [2.05, 4.69) is 10.2 Å². The highest BCUT2D eigenvalue weighted by Gasteiger charge is 2.18. The van der Waals surface area contributed by atoms with Gasteiger partial charge in [-0.1, -0.05) is 17.8 Å². The first kappa shape index (κ1) is 22.5. The van der Waals surface area contributed by atoms with Crippen molar-refractivity contribution in [2.45, 2.75) is 24.8 Å². The summed E-state index contributed by atoms with van der Waals surface area (Å²) in [5.74, 6) is -0.0952. The minimum atomic E-state index is -0.546. The van der Waals surface area contributed by atoms with E-state index < -0.39 is 11.9 Å². The number of methoxy groups -OCH3 is 1. The number of rotatable bonds is 9. The average molecular weight is 449 g/mol. The molecule has 2 aromatic carbocycles. The maximum Gasteiger partial charge on any atom is 0.277 e. The second-order valence-corrected chi connectivity index (χ2v) is 7.55. The van der Waals surface area contributed by atoms with Crippen molar-refractivity contribution in [3.05, 3.63) is 65.6 Å². The molecule has 0 aliphatic carbocycles. The van der Waals surface area contributed by atoms with Crippen LogP contribution in [0.3, 0.4) is 0 Å². The van der Waals surface area contributed by atoms with E-state index in [4.69, 9.17) is 13.9 Å². The zero-order chi connectivity index (χ0) is 22.4. The lowest BCUT2D eigenvalue weighted by Crippen LogP contribution is -2.27. The zero-order valence-corrected chi connectivity index (χ0v) is 18.0. The Morgan fingerprint density at radius 2 is 1.94 bits per heavy atom. The van der Waals surface area contributed by atoms with Crippen molar-refractivity contribution in [1.29, 1.82) is 0 Å². The monoisotopic (exact) mass is 449 g/mol. The molecule has 0 saturated carbocycles. The molecular formula is C21H21F2N3O4S. The van der Waals surface area contributed by atoms with Gasteiger partial charge >= 0.3 is 0 Å². The Bertz CT molecular complexity index is 1030. The number of aromatic nitrogens is 2. The Morgan fingerprint density at radius 1 is 1.19 bits per heavy atom. The molecule has 0 saturated heterocycles. The van der Waals surface area contributed by atoms with Crippen LogP contribution in [0.15, 0.2) is 52.1 Å². The van der Waals surface area contributed by atoms with Crippen molar-refractivity contribution in [2.24, 2.45) is 0 Å². The number of carbonyl (C=O) groups is 1. The van der Waals surface area contributed by atoms with Gasteiger partial charge in [-0.3, -0.25) is 4.79 Å². The van der Waals surface area contributed by atoms with Crippen LogP contribution >= 0.6 is 11.8 Å². The van der Waals surface area contributed by atoms with E-state index in [-0.39, 0.29) is 40.9 Å². The van der Waals surface area contributed by atoms with Crippen molar-refractivity contribution in [3.8, 4) is 11.5 Å². The third kappa shape index (κ3) is 6.17. The van der Waals surface area contributed by atoms with Crippen LogP contribution in [-0.4, -0.2) is 40.9 Å². The van der Waals surface area contributed by atoms with Crippen molar-refractivity contribution in [3.63, 3.8) is 0 Å². The lowest BCUT2D eigenvalue weighted by atomic mass is 10.2. The van der Waals surface area contributed by atoms with Crippen LogP contribution in [0.25, 0.3) is 0 Å². The summed E-state index contributed by atoms with van der Waals surface area (Å²) in [6.07, 6.45) is -0.546. The van der Waals surface area contributed by atoms with E-state index in [0.717, 1.165) is 11.8 Å². The summed E-state index contributed by atoms with van der Waals surface area (Å²) in [4.78, 5) is 13.9. The molecule has 0 bridgehead atoms. The van der Waals surface area contributed by atoms with Crippen LogP contribution in [0.4, 0.5) is 8.78 Å². The topological polar surface area (TPSA) is 77.7 Å². The number of carbonyl (C=O) groups excluding carboxylic acids is 1. The van der Waals surface area contributed by atoms with Crippen LogP contribution in [0, 0.1) is 11.6 Å². The Labute approximate surface area is 182 Å². The Balaban J connectivity index is 1.50. The highest BCUT2D eigenvalue weighted by atomic mass is 32.2. The number of thioether (sulfide) groups is 1. The summed E-state index contributed by atoms with van der Waals surface area (Å²) >= 11 is 1.09. The van der Waals surface area contributed by atoms with Crippen molar-refractivity contribution >= 4 is 17.7 Å². The smallest absolute Gasteiger partial charge is 0.277 e. The Hall–Kier alpha value is -3.14. The van der Waals surface area contributed by atoms with Crippen LogP contribution in [0.1, 0.15) is 24.5 Å². The minimum Gasteiger partial charge on any atom is -0.494 e. The van der Waals surface area contributed by atoms with E-state index in [1.807, 2.05) is 0 Å². The zero-order valence-electron chi connectivity index (χ0n) is 17.2. The van der Waals surface area contributed by atoms with E-state index >= 15 is 0 Å². The molecule has 3 rings (SSSR count). The Kier molecular flexibility index (Phi) is 7.45. The highest BCUT2D eigenvalue weighted by molar-refractivity contribution is 7.99. The number of ether oxygens (including phenoxy) is 2. The molecule has 0 spiro atoms. The van der Waals surface area contributed by atoms with E-state index in [1.54, 1.807) is 20.0 Å². The third-order valence-corrected chi connectivity index (χ3v) is 5.08. The summed E-state index contributed by atoms with van der Waals surface area (Å²) in [5, 5.41) is 8.07. The molecule has 1 aromatic heterocycles. The summed E-state index contributed by atoms with van der Waals surface area (Å²) in [6, 6.07) is 10.1. The molecule has 10 heteroatoms. The predicted molar refractivity (Wildman–Crippen MR) is 110 cm³/mol. The summed E-state index contributed by atoms with van der Waals surface area (Å²) in [7, 11) is 3.02. The molecule has 1 unspecified atom stereocenters. The maximum absolute atomic E-state index is 13.8. The van der Waals surface area contributed by atoms with Gasteiger partial charge in [0.25, 0.3) is 11.1 Å². The molecule has 0 N–H and O–H groups in total. The Morgan fingerprint density at radius 3 is 2.61 bits per heavy atom. The molecule has 1 heterocycles. The SMILES string of the molecule is COc1ccc(CN(C)C(=O)CSc2nnc(C(C)Oc3ccc(F)cc3)o2)cc1F. The fraction of sp³-hybridized carbons (Fsp3) is 0.286. The van der Waals surface area contributed by atoms with Gasteiger partial charge in [-0.05, 0) is 48.9 Å². The van der Waals surface area contributed by atoms with Gasteiger partial charge in [0.05, 0.1) is 12.9 Å². The fourth-order valence-corrected chi connectivity index (χ4v) is 3.32. The lowest BCUT2D eigenvalue weighted by molar-refractivity contribution is -0.127. The first-order valence-electron chi connectivity index (χ1n) is 9.30. The number of benzene rings is 2. The largest absolute Gasteiger partial charge is 0.494 e. The van der Waals surface area contributed by atoms with Crippen molar-refractivity contribution in [2.75, 3.05) is 19.9 Å². The molecule has 3 aromatic rings. The molecule has 0 aliphatic rings. The van der Waals surface area contributed by atoms with Crippen LogP contribution in [-0.2, 0) is 11.3 Å². The van der Waals surface area contributed by atoms with Gasteiger partial charge < -0.3 is 18.8 Å². The first-order valence-corrected chi connectivity index (χ1v) is 10.3. The third-order valence-electron chi connectivity index (χ3n) is 4.28. The van der Waals surface area contributed by atoms with Gasteiger partial charge in [0, 0.05) is 13.6 Å². The van der Waals surface area contributed by atoms with Crippen molar-refractivity contribution in [1.82, 2.24) is 15.1 Å². The van der Waals surface area contributed by atoms with E-state index in [1.165, 1.54) is 48.4 Å². The van der Waals surface area contributed by atoms with E-state index in [0.29, 0.717) is 11.3 Å². The summed E-state index contributed by atoms with van der Waals surface area (Å²) in [5.41, 5.74) is 0.644. The van der Waals surface area contributed by atoms with Gasteiger partial charge in [0.15, 0.2) is 17.7 Å². The van der Waals surface area contributed by atoms with Gasteiger partial charge in [0.1, 0.15) is 11.6 Å². The molecule has 164 valence electrons. The maximum atomic E-state index is 13.8. The molecule has 0 radical (unpaired) electrons. The number of nitrogens with zero attached hydrogens (tertiary/aromatic N) is 3. The second kappa shape index (κ2) is 10.3. The van der Waals surface area contributed by atoms with Crippen LogP contribution < -0.4 is 9.47 Å². The van der Waals surface area contributed by atoms with Gasteiger partial charge in [-0.2, -0.15) is 0 Å². The number of halogens is 2. The average Bonchev–Trinajstić information content (AvgIpc) is 3.23. The molecule has 1 amide bonds. The van der Waals surface area contributed by atoms with Gasteiger partial charge in [0.2, 0.25) is 5.91 Å². The summed E-state index contributed by atoms with van der Waals surface area (Å²) < 4.78 is 42.9. The van der Waals surface area contributed by atoms with Gasteiger partial charge in [-0.15, -0.1) is 10.2 Å². The van der Waals surface area contributed by atoms with Gasteiger partial charge in [-0.25, -0.2) is 8.78 Å². The second-order valence-electron chi connectivity index (χ2n) is 6.63.